The van der Waals surface area contributed by atoms with Crippen LogP contribution in [0.25, 0.3) is 5.65 Å². The number of nitrogens with two attached hydrogens (primary N) is 1. The summed E-state index contributed by atoms with van der Waals surface area (Å²) in [5, 5.41) is 15.6. The van der Waals surface area contributed by atoms with E-state index >= 15 is 0 Å². The lowest BCUT2D eigenvalue weighted by atomic mass is 9.85. The Morgan fingerprint density at radius 2 is 2.00 bits per heavy atom. The third kappa shape index (κ3) is 4.41. The Balaban J connectivity index is 0.000000236. The maximum Gasteiger partial charge on any atom is 0.490 e. The number of hydrogen-bond acceptors (Lipinski definition) is 4. The van der Waals surface area contributed by atoms with Gasteiger partial charge in [0.1, 0.15) is 5.82 Å². The molecule has 1 fully saturated rings. The van der Waals surface area contributed by atoms with Crippen LogP contribution in [0.5, 0.6) is 0 Å². The molecule has 2 unspecified atom stereocenters. The number of carboxylic acid groups (broad SMARTS) is 1. The first-order valence-corrected chi connectivity index (χ1v) is 7.14. The number of halogens is 3. The van der Waals surface area contributed by atoms with Crippen molar-refractivity contribution < 1.29 is 23.1 Å². The van der Waals surface area contributed by atoms with E-state index in [0.717, 1.165) is 24.3 Å². The van der Waals surface area contributed by atoms with Crippen molar-refractivity contribution in [2.75, 3.05) is 0 Å². The Morgan fingerprint density at radius 3 is 2.61 bits per heavy atom. The first-order chi connectivity index (χ1) is 10.8. The first-order valence-electron chi connectivity index (χ1n) is 7.14. The van der Waals surface area contributed by atoms with Crippen LogP contribution < -0.4 is 5.73 Å². The van der Waals surface area contributed by atoms with Gasteiger partial charge in [-0.1, -0.05) is 12.5 Å². The van der Waals surface area contributed by atoms with E-state index < -0.39 is 12.1 Å². The van der Waals surface area contributed by atoms with Crippen LogP contribution in [0.15, 0.2) is 24.4 Å². The summed E-state index contributed by atoms with van der Waals surface area (Å²) in [5.74, 6) is -1.21. The molecule has 1 aliphatic carbocycles. The maximum absolute atomic E-state index is 10.6. The number of alkyl halides is 3. The van der Waals surface area contributed by atoms with Gasteiger partial charge in [0.05, 0.1) is 0 Å². The Bertz CT molecular complexity index is 671. The van der Waals surface area contributed by atoms with Gasteiger partial charge in [0.2, 0.25) is 0 Å². The SMILES string of the molecule is NC1CCCC(c2nnc3ccccn23)C1.O=C(O)C(F)(F)F. The molecular weight excluding hydrogens is 313 g/mol. The quantitative estimate of drug-likeness (QED) is 0.837. The fourth-order valence-electron chi connectivity index (χ4n) is 2.60. The molecule has 3 rings (SSSR count). The van der Waals surface area contributed by atoms with Crippen molar-refractivity contribution in [1.82, 2.24) is 14.6 Å². The van der Waals surface area contributed by atoms with E-state index in [-0.39, 0.29) is 0 Å². The van der Waals surface area contributed by atoms with Gasteiger partial charge in [-0.25, -0.2) is 4.79 Å². The molecule has 6 nitrogen and oxygen atoms in total. The van der Waals surface area contributed by atoms with Crippen LogP contribution >= 0.6 is 0 Å². The minimum absolute atomic E-state index is 0.329. The zero-order chi connectivity index (χ0) is 17.0. The van der Waals surface area contributed by atoms with Gasteiger partial charge < -0.3 is 10.8 Å². The molecule has 0 bridgehead atoms. The number of pyridine rings is 1. The molecule has 2 heterocycles. The highest BCUT2D eigenvalue weighted by Gasteiger charge is 2.38. The zero-order valence-electron chi connectivity index (χ0n) is 12.2. The highest BCUT2D eigenvalue weighted by atomic mass is 19.4. The van der Waals surface area contributed by atoms with Gasteiger partial charge in [-0.05, 0) is 31.4 Å². The van der Waals surface area contributed by atoms with Crippen molar-refractivity contribution in [2.45, 2.75) is 43.8 Å². The second-order valence-electron chi connectivity index (χ2n) is 5.41. The van der Waals surface area contributed by atoms with Crippen molar-refractivity contribution in [3.63, 3.8) is 0 Å². The van der Waals surface area contributed by atoms with Crippen molar-refractivity contribution >= 4 is 11.6 Å². The molecule has 0 amide bonds. The normalized spacial score (nSPS) is 21.6. The molecule has 3 N–H and O–H groups in total. The van der Waals surface area contributed by atoms with Crippen molar-refractivity contribution in [1.29, 1.82) is 0 Å². The lowest BCUT2D eigenvalue weighted by Gasteiger charge is -2.25. The number of carboxylic acids is 1. The van der Waals surface area contributed by atoms with Crippen LogP contribution in [0.2, 0.25) is 0 Å². The summed E-state index contributed by atoms with van der Waals surface area (Å²) in [6.45, 7) is 0. The maximum atomic E-state index is 10.6. The van der Waals surface area contributed by atoms with E-state index in [9.17, 15) is 13.2 Å². The van der Waals surface area contributed by atoms with E-state index in [0.29, 0.717) is 12.0 Å². The lowest BCUT2D eigenvalue weighted by Crippen LogP contribution is -2.27. The summed E-state index contributed by atoms with van der Waals surface area (Å²) in [5.41, 5.74) is 6.95. The Morgan fingerprint density at radius 1 is 1.30 bits per heavy atom. The number of aromatic nitrogens is 3. The summed E-state index contributed by atoms with van der Waals surface area (Å²) < 4.78 is 33.8. The molecular formula is C14H17F3N4O2. The second kappa shape index (κ2) is 6.95. The molecule has 2 atom stereocenters. The van der Waals surface area contributed by atoms with Gasteiger partial charge >= 0.3 is 12.1 Å². The smallest absolute Gasteiger partial charge is 0.475 e. The number of rotatable bonds is 1. The molecule has 9 heteroatoms. The number of fused-ring (bicyclic) bond motifs is 1. The van der Waals surface area contributed by atoms with Gasteiger partial charge in [0.25, 0.3) is 0 Å². The zero-order valence-corrected chi connectivity index (χ0v) is 12.2. The number of nitrogens with zero attached hydrogens (tertiary/aromatic N) is 3. The number of carbonyl (C=O) groups is 1. The summed E-state index contributed by atoms with van der Waals surface area (Å²) in [7, 11) is 0. The van der Waals surface area contributed by atoms with Gasteiger partial charge in [0, 0.05) is 18.2 Å². The van der Waals surface area contributed by atoms with E-state index in [4.69, 9.17) is 15.6 Å². The van der Waals surface area contributed by atoms with E-state index in [1.807, 2.05) is 24.4 Å². The monoisotopic (exact) mass is 330 g/mol. The summed E-state index contributed by atoms with van der Waals surface area (Å²) in [4.78, 5) is 8.90. The lowest BCUT2D eigenvalue weighted by molar-refractivity contribution is -0.192. The Kier molecular flexibility index (Phi) is 5.19. The van der Waals surface area contributed by atoms with Crippen molar-refractivity contribution in [3.8, 4) is 0 Å². The van der Waals surface area contributed by atoms with Gasteiger partial charge in [-0.3, -0.25) is 4.40 Å². The van der Waals surface area contributed by atoms with Gasteiger partial charge in [0.15, 0.2) is 5.65 Å². The molecule has 0 saturated heterocycles. The van der Waals surface area contributed by atoms with E-state index in [1.165, 1.54) is 12.8 Å². The van der Waals surface area contributed by atoms with Crippen LogP contribution in [0, 0.1) is 0 Å². The van der Waals surface area contributed by atoms with E-state index in [1.54, 1.807) is 0 Å². The predicted octanol–water partition coefficient (Wildman–Crippen LogP) is 2.35. The molecule has 2 aromatic rings. The molecule has 1 saturated carbocycles. The third-order valence-corrected chi connectivity index (χ3v) is 3.66. The highest BCUT2D eigenvalue weighted by Crippen LogP contribution is 2.31. The van der Waals surface area contributed by atoms with Crippen LogP contribution in [-0.4, -0.2) is 37.9 Å². The van der Waals surface area contributed by atoms with Crippen LogP contribution in [0.1, 0.15) is 37.4 Å². The molecule has 126 valence electrons. The minimum Gasteiger partial charge on any atom is -0.475 e. The summed E-state index contributed by atoms with van der Waals surface area (Å²) in [6, 6.07) is 6.32. The van der Waals surface area contributed by atoms with E-state index in [2.05, 4.69) is 14.6 Å². The Labute approximate surface area is 130 Å². The van der Waals surface area contributed by atoms with Crippen molar-refractivity contribution in [3.05, 3.63) is 30.2 Å². The summed E-state index contributed by atoms with van der Waals surface area (Å²) in [6.07, 6.45) is 1.52. The van der Waals surface area contributed by atoms with Crippen molar-refractivity contribution in [2.24, 2.45) is 5.73 Å². The second-order valence-corrected chi connectivity index (χ2v) is 5.41. The molecule has 2 aromatic heterocycles. The topological polar surface area (TPSA) is 93.5 Å². The molecule has 0 aromatic carbocycles. The van der Waals surface area contributed by atoms with Gasteiger partial charge in [-0.15, -0.1) is 10.2 Å². The summed E-state index contributed by atoms with van der Waals surface area (Å²) >= 11 is 0. The fourth-order valence-corrected chi connectivity index (χ4v) is 2.60. The fraction of sp³-hybridized carbons (Fsp3) is 0.500. The third-order valence-electron chi connectivity index (χ3n) is 3.66. The molecule has 0 radical (unpaired) electrons. The predicted molar refractivity (Wildman–Crippen MR) is 75.9 cm³/mol. The standard InChI is InChI=1S/C12H16N4.C2HF3O2/c13-10-5-3-4-9(8-10)12-15-14-11-6-1-2-7-16(11)12;3-2(4,5)1(6)7/h1-2,6-7,9-10H,3-5,8,13H2;(H,6,7). The molecule has 23 heavy (non-hydrogen) atoms. The first kappa shape index (κ1) is 17.2. The number of aliphatic carboxylic acids is 1. The highest BCUT2D eigenvalue weighted by molar-refractivity contribution is 5.73. The average molecular weight is 330 g/mol. The average Bonchev–Trinajstić information content (AvgIpc) is 2.91. The molecule has 0 spiro atoms. The number of hydrogen-bond donors (Lipinski definition) is 2. The Hall–Kier alpha value is -2.16. The largest absolute Gasteiger partial charge is 0.490 e. The van der Waals surface area contributed by atoms with Crippen LogP contribution in [-0.2, 0) is 4.79 Å². The van der Waals surface area contributed by atoms with Crippen LogP contribution in [0.4, 0.5) is 13.2 Å². The molecule has 0 aliphatic heterocycles. The molecule has 1 aliphatic rings. The minimum atomic E-state index is -5.08. The van der Waals surface area contributed by atoms with Crippen LogP contribution in [0.3, 0.4) is 0 Å². The van der Waals surface area contributed by atoms with Gasteiger partial charge in [-0.2, -0.15) is 13.2 Å².